The zero-order valence-electron chi connectivity index (χ0n) is 10.7. The number of alkyl halides is 3. The standard InChI is InChI=1S/C14H11ClF3NOS/c15-12-6-5-11(19)7-13(12)21(20)8-9-1-3-10(4-2-9)14(16,17)18/h1-7H,8,19H2. The topological polar surface area (TPSA) is 43.1 Å². The van der Waals surface area contributed by atoms with Crippen LogP contribution < -0.4 is 5.73 Å². The minimum Gasteiger partial charge on any atom is -0.399 e. The Balaban J connectivity index is 2.18. The highest BCUT2D eigenvalue weighted by atomic mass is 35.5. The van der Waals surface area contributed by atoms with Crippen LogP contribution in [0.1, 0.15) is 11.1 Å². The number of hydrogen-bond donors (Lipinski definition) is 1. The molecule has 0 aliphatic carbocycles. The van der Waals surface area contributed by atoms with Crippen molar-refractivity contribution in [1.82, 2.24) is 0 Å². The molecular formula is C14H11ClF3NOS. The summed E-state index contributed by atoms with van der Waals surface area (Å²) < 4.78 is 49.6. The molecule has 0 fully saturated rings. The van der Waals surface area contributed by atoms with Gasteiger partial charge in [0.15, 0.2) is 0 Å². The van der Waals surface area contributed by atoms with Crippen molar-refractivity contribution in [1.29, 1.82) is 0 Å². The molecule has 2 nitrogen and oxygen atoms in total. The largest absolute Gasteiger partial charge is 0.416 e. The first kappa shape index (κ1) is 15.9. The fourth-order valence-corrected chi connectivity index (χ4v) is 3.29. The highest BCUT2D eigenvalue weighted by Crippen LogP contribution is 2.30. The van der Waals surface area contributed by atoms with Gasteiger partial charge >= 0.3 is 6.18 Å². The molecule has 0 radical (unpaired) electrons. The van der Waals surface area contributed by atoms with Crippen LogP contribution in [-0.4, -0.2) is 4.21 Å². The number of benzene rings is 2. The normalized spacial score (nSPS) is 13.1. The van der Waals surface area contributed by atoms with Gasteiger partial charge in [-0.05, 0) is 35.9 Å². The van der Waals surface area contributed by atoms with Gasteiger partial charge < -0.3 is 5.73 Å². The van der Waals surface area contributed by atoms with Crippen LogP contribution in [-0.2, 0) is 22.7 Å². The van der Waals surface area contributed by atoms with E-state index in [0.29, 0.717) is 21.2 Å². The molecule has 0 bridgehead atoms. The average molecular weight is 334 g/mol. The van der Waals surface area contributed by atoms with E-state index in [2.05, 4.69) is 0 Å². The van der Waals surface area contributed by atoms with Gasteiger partial charge in [-0.3, -0.25) is 4.21 Å². The molecule has 1 atom stereocenters. The third kappa shape index (κ3) is 3.98. The number of anilines is 1. The van der Waals surface area contributed by atoms with E-state index in [-0.39, 0.29) is 5.75 Å². The number of nitrogens with two attached hydrogens (primary N) is 1. The Morgan fingerprint density at radius 2 is 1.71 bits per heavy atom. The first-order valence-electron chi connectivity index (χ1n) is 5.87. The van der Waals surface area contributed by atoms with Crippen molar-refractivity contribution >= 4 is 28.1 Å². The fourth-order valence-electron chi connectivity index (χ4n) is 1.71. The predicted octanol–water partition coefficient (Wildman–Crippen LogP) is 4.25. The van der Waals surface area contributed by atoms with E-state index >= 15 is 0 Å². The molecule has 0 aliphatic rings. The molecule has 21 heavy (non-hydrogen) atoms. The van der Waals surface area contributed by atoms with E-state index in [4.69, 9.17) is 17.3 Å². The lowest BCUT2D eigenvalue weighted by Crippen LogP contribution is -2.05. The molecule has 0 saturated carbocycles. The van der Waals surface area contributed by atoms with Crippen LogP contribution in [0.25, 0.3) is 0 Å². The van der Waals surface area contributed by atoms with Gasteiger partial charge in [-0.1, -0.05) is 23.7 Å². The molecule has 0 aromatic heterocycles. The zero-order valence-corrected chi connectivity index (χ0v) is 12.2. The van der Waals surface area contributed by atoms with Crippen LogP contribution in [0.15, 0.2) is 47.4 Å². The van der Waals surface area contributed by atoms with Crippen molar-refractivity contribution in [3.05, 3.63) is 58.6 Å². The maximum atomic E-state index is 12.5. The van der Waals surface area contributed by atoms with Crippen molar-refractivity contribution in [2.45, 2.75) is 16.8 Å². The van der Waals surface area contributed by atoms with Gasteiger partial charge in [-0.15, -0.1) is 0 Å². The maximum Gasteiger partial charge on any atom is 0.416 e. The molecule has 0 aliphatic heterocycles. The molecule has 2 N–H and O–H groups in total. The van der Waals surface area contributed by atoms with Crippen molar-refractivity contribution in [2.24, 2.45) is 0 Å². The van der Waals surface area contributed by atoms with Gasteiger partial charge in [0, 0.05) is 5.69 Å². The second-order valence-corrected chi connectivity index (χ2v) is 6.20. The molecule has 2 aromatic carbocycles. The summed E-state index contributed by atoms with van der Waals surface area (Å²) in [6.45, 7) is 0. The zero-order chi connectivity index (χ0) is 15.6. The Hall–Kier alpha value is -1.53. The van der Waals surface area contributed by atoms with Gasteiger partial charge in [-0.2, -0.15) is 13.2 Å². The van der Waals surface area contributed by atoms with E-state index in [0.717, 1.165) is 12.1 Å². The predicted molar refractivity (Wildman–Crippen MR) is 77.4 cm³/mol. The van der Waals surface area contributed by atoms with Crippen LogP contribution in [0.5, 0.6) is 0 Å². The highest BCUT2D eigenvalue weighted by molar-refractivity contribution is 7.84. The van der Waals surface area contributed by atoms with Gasteiger partial charge in [0.2, 0.25) is 0 Å². The second-order valence-electron chi connectivity index (χ2n) is 4.37. The third-order valence-electron chi connectivity index (χ3n) is 2.78. The average Bonchev–Trinajstić information content (AvgIpc) is 2.41. The summed E-state index contributed by atoms with van der Waals surface area (Å²) in [6, 6.07) is 9.17. The molecule has 2 aromatic rings. The minimum absolute atomic E-state index is 0.0707. The molecular weight excluding hydrogens is 323 g/mol. The number of halogens is 4. The van der Waals surface area contributed by atoms with Crippen LogP contribution in [0.3, 0.4) is 0 Å². The summed E-state index contributed by atoms with van der Waals surface area (Å²) in [4.78, 5) is 0.372. The summed E-state index contributed by atoms with van der Waals surface area (Å²) in [5.74, 6) is 0.0707. The van der Waals surface area contributed by atoms with Crippen molar-refractivity contribution in [3.8, 4) is 0 Å². The van der Waals surface area contributed by atoms with E-state index in [1.54, 1.807) is 6.07 Å². The third-order valence-corrected chi connectivity index (χ3v) is 4.65. The van der Waals surface area contributed by atoms with Crippen LogP contribution in [0.2, 0.25) is 5.02 Å². The Morgan fingerprint density at radius 3 is 2.29 bits per heavy atom. The lowest BCUT2D eigenvalue weighted by Gasteiger charge is -2.08. The van der Waals surface area contributed by atoms with Gasteiger partial charge in [0.1, 0.15) is 0 Å². The van der Waals surface area contributed by atoms with Gasteiger partial charge in [0.05, 0.1) is 32.0 Å². The summed E-state index contributed by atoms with van der Waals surface area (Å²) in [7, 11) is -1.48. The molecule has 2 rings (SSSR count). The highest BCUT2D eigenvalue weighted by Gasteiger charge is 2.29. The maximum absolute atomic E-state index is 12.5. The Kier molecular flexibility index (Phi) is 4.58. The molecule has 112 valence electrons. The smallest absolute Gasteiger partial charge is 0.399 e. The Labute approximate surface area is 127 Å². The number of nitrogen functional groups attached to an aromatic ring is 1. The fraction of sp³-hybridized carbons (Fsp3) is 0.143. The first-order valence-corrected chi connectivity index (χ1v) is 7.56. The summed E-state index contributed by atoms with van der Waals surface area (Å²) >= 11 is 5.95. The first-order chi connectivity index (χ1) is 9.77. The molecule has 1 unspecified atom stereocenters. The van der Waals surface area contributed by atoms with E-state index in [1.807, 2.05) is 0 Å². The quantitative estimate of drug-likeness (QED) is 0.853. The van der Waals surface area contributed by atoms with Gasteiger partial charge in [-0.25, -0.2) is 0 Å². The molecule has 7 heteroatoms. The summed E-state index contributed by atoms with van der Waals surface area (Å²) in [5, 5.41) is 0.314. The van der Waals surface area contributed by atoms with Crippen LogP contribution in [0, 0.1) is 0 Å². The van der Waals surface area contributed by atoms with E-state index in [1.165, 1.54) is 24.3 Å². The lowest BCUT2D eigenvalue weighted by molar-refractivity contribution is -0.137. The molecule has 0 amide bonds. The number of rotatable bonds is 3. The minimum atomic E-state index is -4.38. The summed E-state index contributed by atoms with van der Waals surface area (Å²) in [5.41, 5.74) is 5.82. The van der Waals surface area contributed by atoms with Crippen molar-refractivity contribution in [2.75, 3.05) is 5.73 Å². The molecule has 0 saturated heterocycles. The Bertz CT molecular complexity index is 671. The van der Waals surface area contributed by atoms with Gasteiger partial charge in [0.25, 0.3) is 0 Å². The van der Waals surface area contributed by atoms with Crippen molar-refractivity contribution < 1.29 is 17.4 Å². The molecule has 0 spiro atoms. The monoisotopic (exact) mass is 333 g/mol. The van der Waals surface area contributed by atoms with Crippen LogP contribution >= 0.6 is 11.6 Å². The SMILES string of the molecule is Nc1ccc(Cl)c(S(=O)Cc2ccc(C(F)(F)F)cc2)c1. The summed E-state index contributed by atoms with van der Waals surface area (Å²) in [6.07, 6.45) is -4.38. The second kappa shape index (κ2) is 6.07. The lowest BCUT2D eigenvalue weighted by atomic mass is 10.1. The van der Waals surface area contributed by atoms with E-state index in [9.17, 15) is 17.4 Å². The van der Waals surface area contributed by atoms with E-state index < -0.39 is 22.5 Å². The number of hydrogen-bond acceptors (Lipinski definition) is 2. The molecule has 0 heterocycles. The van der Waals surface area contributed by atoms with Crippen molar-refractivity contribution in [3.63, 3.8) is 0 Å². The van der Waals surface area contributed by atoms with Crippen LogP contribution in [0.4, 0.5) is 18.9 Å². The Morgan fingerprint density at radius 1 is 1.10 bits per heavy atom.